The number of amides is 1. The van der Waals surface area contributed by atoms with Crippen molar-refractivity contribution < 1.29 is 23.1 Å². The van der Waals surface area contributed by atoms with Gasteiger partial charge in [0, 0.05) is 18.5 Å². The van der Waals surface area contributed by atoms with Crippen molar-refractivity contribution in [3.8, 4) is 11.8 Å². The molecule has 0 atom stereocenters. The molecule has 1 rings (SSSR count). The van der Waals surface area contributed by atoms with E-state index >= 15 is 0 Å². The first-order valence-corrected chi connectivity index (χ1v) is 5.98. The van der Waals surface area contributed by atoms with Crippen molar-refractivity contribution in [2.24, 2.45) is 0 Å². The van der Waals surface area contributed by atoms with Crippen LogP contribution < -0.4 is 5.32 Å². The number of alkyl halides is 3. The SMILES string of the molecule is O=C(NCCC(F)(F)F)c1ccccc1C#CCCO. The predicted molar refractivity (Wildman–Crippen MR) is 68.0 cm³/mol. The number of aliphatic hydroxyl groups is 1. The van der Waals surface area contributed by atoms with Gasteiger partial charge in [-0.2, -0.15) is 13.2 Å². The fourth-order valence-corrected chi connectivity index (χ4v) is 1.42. The summed E-state index contributed by atoms with van der Waals surface area (Å²) < 4.78 is 36.0. The second-order valence-electron chi connectivity index (χ2n) is 3.94. The molecule has 0 spiro atoms. The lowest BCUT2D eigenvalue weighted by atomic mass is 10.1. The largest absolute Gasteiger partial charge is 0.395 e. The van der Waals surface area contributed by atoms with Crippen LogP contribution in [0.3, 0.4) is 0 Å². The summed E-state index contributed by atoms with van der Waals surface area (Å²) in [5.74, 6) is 4.78. The summed E-state index contributed by atoms with van der Waals surface area (Å²) in [5, 5.41) is 10.8. The summed E-state index contributed by atoms with van der Waals surface area (Å²) in [7, 11) is 0. The molecule has 1 aromatic rings. The Morgan fingerprint density at radius 1 is 1.30 bits per heavy atom. The van der Waals surface area contributed by atoms with Gasteiger partial charge in [-0.05, 0) is 12.1 Å². The number of aliphatic hydroxyl groups excluding tert-OH is 1. The molecule has 0 aliphatic heterocycles. The van der Waals surface area contributed by atoms with Crippen molar-refractivity contribution in [3.63, 3.8) is 0 Å². The molecule has 0 radical (unpaired) electrons. The van der Waals surface area contributed by atoms with Crippen LogP contribution in [-0.2, 0) is 0 Å². The third-order valence-corrected chi connectivity index (χ3v) is 2.33. The van der Waals surface area contributed by atoms with Gasteiger partial charge in [0.05, 0.1) is 18.6 Å². The Hall–Kier alpha value is -2.00. The van der Waals surface area contributed by atoms with Crippen molar-refractivity contribution in [2.45, 2.75) is 19.0 Å². The third-order valence-electron chi connectivity index (χ3n) is 2.33. The zero-order chi connectivity index (χ0) is 15.0. The molecule has 20 heavy (non-hydrogen) atoms. The van der Waals surface area contributed by atoms with E-state index in [4.69, 9.17) is 5.11 Å². The highest BCUT2D eigenvalue weighted by Crippen LogP contribution is 2.18. The number of halogens is 3. The fraction of sp³-hybridized carbons (Fsp3) is 0.357. The highest BCUT2D eigenvalue weighted by atomic mass is 19.4. The number of rotatable bonds is 4. The molecule has 108 valence electrons. The van der Waals surface area contributed by atoms with Crippen LogP contribution in [0.1, 0.15) is 28.8 Å². The van der Waals surface area contributed by atoms with E-state index in [0.717, 1.165) is 0 Å². The molecule has 6 heteroatoms. The van der Waals surface area contributed by atoms with E-state index in [1.54, 1.807) is 18.2 Å². The Morgan fingerprint density at radius 3 is 2.65 bits per heavy atom. The Labute approximate surface area is 114 Å². The Morgan fingerprint density at radius 2 is 2.00 bits per heavy atom. The van der Waals surface area contributed by atoms with Gasteiger partial charge in [0.25, 0.3) is 5.91 Å². The van der Waals surface area contributed by atoms with Crippen molar-refractivity contribution in [3.05, 3.63) is 35.4 Å². The molecule has 1 amide bonds. The normalized spacial score (nSPS) is 10.6. The summed E-state index contributed by atoms with van der Waals surface area (Å²) >= 11 is 0. The standard InChI is InChI=1S/C14H14F3NO2/c15-14(16,17)8-9-18-13(20)12-7-2-1-5-11(12)6-3-4-10-19/h1-2,5,7,19H,4,8-10H2,(H,18,20). The third kappa shape index (κ3) is 5.76. The summed E-state index contributed by atoms with van der Waals surface area (Å²) in [6.45, 7) is -0.562. The Kier molecular flexibility index (Phi) is 6.07. The maximum Gasteiger partial charge on any atom is 0.390 e. The molecule has 3 nitrogen and oxygen atoms in total. The molecule has 0 bridgehead atoms. The molecule has 2 N–H and O–H groups in total. The molecular weight excluding hydrogens is 271 g/mol. The molecular formula is C14H14F3NO2. The van der Waals surface area contributed by atoms with Gasteiger partial charge in [0.2, 0.25) is 0 Å². The van der Waals surface area contributed by atoms with E-state index in [1.807, 2.05) is 0 Å². The van der Waals surface area contributed by atoms with Crippen molar-refractivity contribution in [1.82, 2.24) is 5.32 Å². The van der Waals surface area contributed by atoms with Crippen LogP contribution >= 0.6 is 0 Å². The van der Waals surface area contributed by atoms with Gasteiger partial charge in [-0.15, -0.1) is 0 Å². The smallest absolute Gasteiger partial charge is 0.390 e. The first-order valence-electron chi connectivity index (χ1n) is 5.98. The molecule has 1 aromatic carbocycles. The molecule has 0 heterocycles. The average Bonchev–Trinajstić information content (AvgIpc) is 2.38. The molecule has 0 saturated heterocycles. The molecule has 0 saturated carbocycles. The van der Waals surface area contributed by atoms with E-state index in [2.05, 4.69) is 17.2 Å². The summed E-state index contributed by atoms with van der Waals surface area (Å²) in [5.41, 5.74) is 0.644. The quantitative estimate of drug-likeness (QED) is 0.832. The Bertz CT molecular complexity index is 515. The van der Waals surface area contributed by atoms with Crippen molar-refractivity contribution in [2.75, 3.05) is 13.2 Å². The Balaban J connectivity index is 2.71. The highest BCUT2D eigenvalue weighted by molar-refractivity contribution is 5.96. The van der Waals surface area contributed by atoms with Crippen LogP contribution in [0.25, 0.3) is 0 Å². The van der Waals surface area contributed by atoms with Gasteiger partial charge in [0.15, 0.2) is 0 Å². The van der Waals surface area contributed by atoms with Crippen LogP contribution in [0.5, 0.6) is 0 Å². The number of carbonyl (C=O) groups excluding carboxylic acids is 1. The van der Waals surface area contributed by atoms with Gasteiger partial charge in [-0.1, -0.05) is 24.0 Å². The maximum absolute atomic E-state index is 12.0. The average molecular weight is 285 g/mol. The number of hydrogen-bond donors (Lipinski definition) is 2. The topological polar surface area (TPSA) is 49.3 Å². The van der Waals surface area contributed by atoms with Gasteiger partial charge in [-0.3, -0.25) is 4.79 Å². The second-order valence-corrected chi connectivity index (χ2v) is 3.94. The maximum atomic E-state index is 12.0. The van der Waals surface area contributed by atoms with Gasteiger partial charge in [0.1, 0.15) is 0 Å². The highest BCUT2D eigenvalue weighted by Gasteiger charge is 2.26. The summed E-state index contributed by atoms with van der Waals surface area (Å²) in [4.78, 5) is 11.8. The predicted octanol–water partition coefficient (Wildman–Crippen LogP) is 2.10. The van der Waals surface area contributed by atoms with Crippen molar-refractivity contribution in [1.29, 1.82) is 0 Å². The van der Waals surface area contributed by atoms with Crippen LogP contribution in [0, 0.1) is 11.8 Å². The van der Waals surface area contributed by atoms with E-state index in [-0.39, 0.29) is 18.6 Å². The lowest BCUT2D eigenvalue weighted by molar-refractivity contribution is -0.132. The van der Waals surface area contributed by atoms with Gasteiger partial charge in [-0.25, -0.2) is 0 Å². The minimum Gasteiger partial charge on any atom is -0.395 e. The second kappa shape index (κ2) is 7.56. The van der Waals surface area contributed by atoms with Crippen LogP contribution in [0.15, 0.2) is 24.3 Å². The number of hydrogen-bond acceptors (Lipinski definition) is 2. The molecule has 0 fully saturated rings. The lowest BCUT2D eigenvalue weighted by Gasteiger charge is -2.08. The molecule has 0 aliphatic carbocycles. The first kappa shape index (κ1) is 16.1. The number of nitrogens with one attached hydrogen (secondary N) is 1. The minimum absolute atomic E-state index is 0.0903. The zero-order valence-electron chi connectivity index (χ0n) is 10.6. The number of benzene rings is 1. The van der Waals surface area contributed by atoms with Crippen molar-refractivity contribution >= 4 is 5.91 Å². The molecule has 0 aliphatic rings. The van der Waals surface area contributed by atoms with Crippen LogP contribution in [0.2, 0.25) is 0 Å². The van der Waals surface area contributed by atoms with Crippen LogP contribution in [0.4, 0.5) is 13.2 Å². The van der Waals surface area contributed by atoms with Crippen LogP contribution in [-0.4, -0.2) is 30.3 Å². The van der Waals surface area contributed by atoms with E-state index < -0.39 is 25.0 Å². The number of carbonyl (C=O) groups is 1. The summed E-state index contributed by atoms with van der Waals surface area (Å²) in [6.07, 6.45) is -5.10. The minimum atomic E-state index is -4.30. The monoisotopic (exact) mass is 285 g/mol. The molecule has 0 unspecified atom stereocenters. The van der Waals surface area contributed by atoms with E-state index in [0.29, 0.717) is 5.56 Å². The first-order chi connectivity index (χ1) is 9.44. The molecule has 0 aromatic heterocycles. The van der Waals surface area contributed by atoms with E-state index in [1.165, 1.54) is 6.07 Å². The van der Waals surface area contributed by atoms with Gasteiger partial charge >= 0.3 is 6.18 Å². The lowest BCUT2D eigenvalue weighted by Crippen LogP contribution is -2.28. The summed E-state index contributed by atoms with van der Waals surface area (Å²) in [6, 6.07) is 6.38. The zero-order valence-corrected chi connectivity index (χ0v) is 10.6. The fourth-order valence-electron chi connectivity index (χ4n) is 1.42. The van der Waals surface area contributed by atoms with Gasteiger partial charge < -0.3 is 10.4 Å². The van der Waals surface area contributed by atoms with E-state index in [9.17, 15) is 18.0 Å².